The van der Waals surface area contributed by atoms with Crippen LogP contribution in [0.5, 0.6) is 0 Å². The Balaban J connectivity index is 2.54. The molecular formula is C12H14F2N2O4S. The fourth-order valence-corrected chi connectivity index (χ4v) is 4.03. The van der Waals surface area contributed by atoms with Gasteiger partial charge in [-0.3, -0.25) is 4.79 Å². The minimum absolute atomic E-state index is 0.000246. The van der Waals surface area contributed by atoms with Crippen molar-refractivity contribution in [2.24, 2.45) is 5.73 Å². The number of nitrogens with zero attached hydrogens (tertiary/aromatic N) is 1. The van der Waals surface area contributed by atoms with Crippen molar-refractivity contribution in [2.75, 3.05) is 13.2 Å². The van der Waals surface area contributed by atoms with Gasteiger partial charge in [-0.15, -0.1) is 0 Å². The van der Waals surface area contributed by atoms with Crippen LogP contribution in [0.15, 0.2) is 23.1 Å². The number of halogens is 2. The molecule has 1 saturated heterocycles. The lowest BCUT2D eigenvalue weighted by molar-refractivity contribution is -0.130. The highest BCUT2D eigenvalue weighted by Gasteiger charge is 2.43. The molecule has 0 radical (unpaired) electrons. The highest BCUT2D eigenvalue weighted by Crippen LogP contribution is 2.27. The minimum atomic E-state index is -4.55. The van der Waals surface area contributed by atoms with Gasteiger partial charge in [-0.2, -0.15) is 4.31 Å². The van der Waals surface area contributed by atoms with E-state index in [2.05, 4.69) is 0 Å². The number of carbonyl (C=O) groups is 1. The third-order valence-corrected chi connectivity index (χ3v) is 5.16. The molecule has 0 bridgehead atoms. The molecule has 2 rings (SSSR count). The smallest absolute Gasteiger partial charge is 0.249 e. The van der Waals surface area contributed by atoms with E-state index >= 15 is 0 Å². The van der Waals surface area contributed by atoms with Crippen LogP contribution in [0.3, 0.4) is 0 Å². The largest absolute Gasteiger partial charge is 0.375 e. The van der Waals surface area contributed by atoms with Gasteiger partial charge < -0.3 is 10.5 Å². The van der Waals surface area contributed by atoms with Crippen LogP contribution >= 0.6 is 0 Å². The number of morpholine rings is 1. The van der Waals surface area contributed by atoms with Gasteiger partial charge in [0.2, 0.25) is 15.9 Å². The molecule has 0 unspecified atom stereocenters. The molecule has 21 heavy (non-hydrogen) atoms. The van der Waals surface area contributed by atoms with Crippen molar-refractivity contribution in [2.45, 2.75) is 24.0 Å². The summed E-state index contributed by atoms with van der Waals surface area (Å²) in [4.78, 5) is 10.4. The van der Waals surface area contributed by atoms with Crippen molar-refractivity contribution in [1.82, 2.24) is 4.31 Å². The number of rotatable bonds is 3. The van der Waals surface area contributed by atoms with Crippen LogP contribution < -0.4 is 5.73 Å². The molecule has 1 amide bonds. The summed E-state index contributed by atoms with van der Waals surface area (Å²) < 4.78 is 58.3. The fourth-order valence-electron chi connectivity index (χ4n) is 2.28. The molecule has 2 atom stereocenters. The fraction of sp³-hybridized carbons (Fsp3) is 0.417. The van der Waals surface area contributed by atoms with E-state index < -0.39 is 44.6 Å². The third-order valence-electron chi connectivity index (χ3n) is 3.22. The van der Waals surface area contributed by atoms with Crippen LogP contribution in [0.2, 0.25) is 0 Å². The molecule has 1 heterocycles. The predicted octanol–water partition coefficient (Wildman–Crippen LogP) is 0.228. The molecule has 0 spiro atoms. The normalized spacial score (nSPS) is 24.0. The standard InChI is InChI=1S/C12H14F2N2O4S/c1-7-10(12(15)17)16(5-6-20-7)21(18,19)11-8(13)3-2-4-9(11)14/h2-4,7,10H,5-6H2,1H3,(H2,15,17)/t7-,10+/m1/s1. The van der Waals surface area contributed by atoms with Crippen molar-refractivity contribution in [3.63, 3.8) is 0 Å². The summed E-state index contributed by atoms with van der Waals surface area (Å²) in [7, 11) is -4.55. The zero-order valence-electron chi connectivity index (χ0n) is 11.1. The van der Waals surface area contributed by atoms with Crippen molar-refractivity contribution in [3.8, 4) is 0 Å². The number of nitrogens with two attached hydrogens (primary N) is 1. The first-order valence-electron chi connectivity index (χ1n) is 6.13. The van der Waals surface area contributed by atoms with Crippen LogP contribution in [0, 0.1) is 11.6 Å². The van der Waals surface area contributed by atoms with Crippen LogP contribution in [0.4, 0.5) is 8.78 Å². The Kier molecular flexibility index (Phi) is 4.26. The first-order chi connectivity index (χ1) is 9.76. The second-order valence-electron chi connectivity index (χ2n) is 4.59. The number of benzene rings is 1. The molecule has 0 saturated carbocycles. The summed E-state index contributed by atoms with van der Waals surface area (Å²) in [5.74, 6) is -3.39. The lowest BCUT2D eigenvalue weighted by Gasteiger charge is -2.36. The van der Waals surface area contributed by atoms with Crippen molar-refractivity contribution >= 4 is 15.9 Å². The van der Waals surface area contributed by atoms with Gasteiger partial charge in [-0.25, -0.2) is 17.2 Å². The molecule has 9 heteroatoms. The van der Waals surface area contributed by atoms with Gasteiger partial charge >= 0.3 is 0 Å². The number of hydrogen-bond donors (Lipinski definition) is 1. The lowest BCUT2D eigenvalue weighted by Crippen LogP contribution is -2.58. The van der Waals surface area contributed by atoms with E-state index in [9.17, 15) is 22.0 Å². The van der Waals surface area contributed by atoms with Gasteiger partial charge in [-0.05, 0) is 19.1 Å². The molecule has 6 nitrogen and oxygen atoms in total. The topological polar surface area (TPSA) is 89.7 Å². The Morgan fingerprint density at radius 3 is 2.48 bits per heavy atom. The van der Waals surface area contributed by atoms with Crippen LogP contribution in [-0.4, -0.2) is 43.9 Å². The van der Waals surface area contributed by atoms with E-state index in [1.807, 2.05) is 0 Å². The number of carbonyl (C=O) groups excluding carboxylic acids is 1. The maximum Gasteiger partial charge on any atom is 0.249 e. The van der Waals surface area contributed by atoms with E-state index in [1.54, 1.807) is 0 Å². The SMILES string of the molecule is C[C@H]1OCCN(S(=O)(=O)c2c(F)cccc2F)[C@@H]1C(N)=O. The molecule has 1 aromatic rings. The average molecular weight is 320 g/mol. The Morgan fingerprint density at radius 1 is 1.38 bits per heavy atom. The summed E-state index contributed by atoms with van der Waals surface area (Å²) in [6, 6.07) is 1.40. The lowest BCUT2D eigenvalue weighted by atomic mass is 10.1. The minimum Gasteiger partial charge on any atom is -0.375 e. The van der Waals surface area contributed by atoms with Crippen LogP contribution in [-0.2, 0) is 19.6 Å². The Labute approximate surface area is 120 Å². The first kappa shape index (κ1) is 15.8. The Hall–Kier alpha value is -1.58. The molecule has 0 aliphatic carbocycles. The summed E-state index contributed by atoms with van der Waals surface area (Å²) in [6.45, 7) is 1.25. The summed E-state index contributed by atoms with van der Waals surface area (Å²) in [5.41, 5.74) is 5.19. The second kappa shape index (κ2) is 5.66. The van der Waals surface area contributed by atoms with E-state index in [-0.39, 0.29) is 13.2 Å². The van der Waals surface area contributed by atoms with Gasteiger partial charge in [-0.1, -0.05) is 6.07 Å². The Bertz CT molecular complexity index is 645. The zero-order chi connectivity index (χ0) is 15.8. The van der Waals surface area contributed by atoms with Gasteiger partial charge in [0, 0.05) is 6.54 Å². The van der Waals surface area contributed by atoms with Gasteiger partial charge in [0.25, 0.3) is 0 Å². The van der Waals surface area contributed by atoms with Crippen molar-refractivity contribution in [1.29, 1.82) is 0 Å². The van der Waals surface area contributed by atoms with Gasteiger partial charge in [0.05, 0.1) is 12.7 Å². The molecule has 1 aliphatic heterocycles. The number of hydrogen-bond acceptors (Lipinski definition) is 4. The quantitative estimate of drug-likeness (QED) is 0.863. The number of ether oxygens (including phenoxy) is 1. The molecular weight excluding hydrogens is 306 g/mol. The summed E-state index contributed by atoms with van der Waals surface area (Å²) >= 11 is 0. The molecule has 2 N–H and O–H groups in total. The summed E-state index contributed by atoms with van der Waals surface area (Å²) in [5, 5.41) is 0. The molecule has 1 aromatic carbocycles. The first-order valence-corrected chi connectivity index (χ1v) is 7.57. The predicted molar refractivity (Wildman–Crippen MR) is 68.6 cm³/mol. The summed E-state index contributed by atoms with van der Waals surface area (Å²) in [6.07, 6.45) is -0.805. The monoisotopic (exact) mass is 320 g/mol. The van der Waals surface area contributed by atoms with Crippen LogP contribution in [0.1, 0.15) is 6.92 Å². The highest BCUT2D eigenvalue weighted by molar-refractivity contribution is 7.89. The molecule has 116 valence electrons. The van der Waals surface area contributed by atoms with E-state index in [0.29, 0.717) is 4.31 Å². The Morgan fingerprint density at radius 2 is 1.95 bits per heavy atom. The average Bonchev–Trinajstić information content (AvgIpc) is 2.37. The van der Waals surface area contributed by atoms with E-state index in [1.165, 1.54) is 6.92 Å². The number of primary amides is 1. The van der Waals surface area contributed by atoms with Gasteiger partial charge in [0.1, 0.15) is 17.7 Å². The highest BCUT2D eigenvalue weighted by atomic mass is 32.2. The van der Waals surface area contributed by atoms with E-state index in [4.69, 9.17) is 10.5 Å². The number of sulfonamides is 1. The number of amides is 1. The molecule has 1 fully saturated rings. The maximum atomic E-state index is 13.7. The van der Waals surface area contributed by atoms with E-state index in [0.717, 1.165) is 18.2 Å². The van der Waals surface area contributed by atoms with Gasteiger partial charge in [0.15, 0.2) is 4.90 Å². The zero-order valence-corrected chi connectivity index (χ0v) is 11.9. The molecule has 1 aliphatic rings. The molecule has 0 aromatic heterocycles. The van der Waals surface area contributed by atoms with Crippen molar-refractivity contribution < 1.29 is 26.7 Å². The third kappa shape index (κ3) is 2.76. The van der Waals surface area contributed by atoms with Crippen molar-refractivity contribution in [3.05, 3.63) is 29.8 Å². The second-order valence-corrected chi connectivity index (χ2v) is 6.42. The van der Waals surface area contributed by atoms with Crippen LogP contribution in [0.25, 0.3) is 0 Å². The maximum absolute atomic E-state index is 13.7.